The van der Waals surface area contributed by atoms with Gasteiger partial charge in [-0.2, -0.15) is 13.2 Å². The van der Waals surface area contributed by atoms with E-state index in [1.807, 2.05) is 0 Å². The zero-order valence-corrected chi connectivity index (χ0v) is 11.6. The molecule has 1 atom stereocenters. The van der Waals surface area contributed by atoms with Gasteiger partial charge in [0.1, 0.15) is 5.82 Å². The first-order chi connectivity index (χ1) is 10.1. The quantitative estimate of drug-likeness (QED) is 0.845. The van der Waals surface area contributed by atoms with Crippen molar-refractivity contribution in [3.8, 4) is 0 Å². The monoisotopic (exact) mass is 323 g/mol. The molecule has 0 aliphatic carbocycles. The number of benzene rings is 1. The molecule has 0 saturated heterocycles. The number of hydrogen-bond donors (Lipinski definition) is 1. The number of nitrogens with zero attached hydrogens (tertiary/aromatic N) is 1. The number of ether oxygens (including phenoxy) is 1. The van der Waals surface area contributed by atoms with E-state index in [0.29, 0.717) is 6.07 Å². The van der Waals surface area contributed by atoms with Crippen LogP contribution in [0.3, 0.4) is 0 Å². The highest BCUT2D eigenvalue weighted by Gasteiger charge is 2.45. The molecular formula is C13H13F4NO4. The number of carboxylic acids is 1. The van der Waals surface area contributed by atoms with Crippen LogP contribution < -0.4 is 4.90 Å². The predicted octanol–water partition coefficient (Wildman–Crippen LogP) is 2.45. The van der Waals surface area contributed by atoms with E-state index in [4.69, 9.17) is 9.84 Å². The summed E-state index contributed by atoms with van der Waals surface area (Å²) in [6, 6.07) is 0.992. The molecule has 1 amide bonds. The number of anilines is 1. The van der Waals surface area contributed by atoms with Gasteiger partial charge < -0.3 is 9.84 Å². The number of carboxylic acid groups (broad SMARTS) is 1. The minimum Gasteiger partial charge on any atom is -0.478 e. The normalized spacial score (nSPS) is 12.8. The lowest BCUT2D eigenvalue weighted by molar-refractivity contribution is -0.171. The van der Waals surface area contributed by atoms with E-state index >= 15 is 0 Å². The minimum absolute atomic E-state index is 0.177. The highest BCUT2D eigenvalue weighted by molar-refractivity contribution is 6.04. The Morgan fingerprint density at radius 3 is 2.41 bits per heavy atom. The molecule has 0 fully saturated rings. The van der Waals surface area contributed by atoms with Gasteiger partial charge in [0.05, 0.1) is 23.9 Å². The van der Waals surface area contributed by atoms with E-state index in [9.17, 15) is 27.2 Å². The van der Waals surface area contributed by atoms with Crippen LogP contribution in [-0.4, -0.2) is 42.9 Å². The number of carbonyl (C=O) groups is 2. The number of methoxy groups -OCH3 is 1. The maximum absolute atomic E-state index is 13.3. The molecule has 1 aromatic carbocycles. The molecule has 1 rings (SSSR count). The van der Waals surface area contributed by atoms with Gasteiger partial charge in [0, 0.05) is 7.11 Å². The van der Waals surface area contributed by atoms with Crippen molar-refractivity contribution in [1.29, 1.82) is 0 Å². The number of amides is 1. The van der Waals surface area contributed by atoms with Gasteiger partial charge in [-0.05, 0) is 25.1 Å². The van der Waals surface area contributed by atoms with Crippen LogP contribution in [0.5, 0.6) is 0 Å². The zero-order valence-electron chi connectivity index (χ0n) is 11.6. The van der Waals surface area contributed by atoms with E-state index in [1.54, 1.807) is 0 Å². The molecular weight excluding hydrogens is 310 g/mol. The summed E-state index contributed by atoms with van der Waals surface area (Å²) in [7, 11) is 1.20. The number of halogens is 4. The van der Waals surface area contributed by atoms with Crippen molar-refractivity contribution in [3.63, 3.8) is 0 Å². The van der Waals surface area contributed by atoms with Crippen LogP contribution in [0.4, 0.5) is 23.2 Å². The van der Waals surface area contributed by atoms with E-state index < -0.39 is 41.2 Å². The van der Waals surface area contributed by atoms with Crippen LogP contribution in [0.15, 0.2) is 18.2 Å². The van der Waals surface area contributed by atoms with Crippen LogP contribution in [0.25, 0.3) is 0 Å². The highest BCUT2D eigenvalue weighted by atomic mass is 19.4. The molecule has 22 heavy (non-hydrogen) atoms. The van der Waals surface area contributed by atoms with Gasteiger partial charge in [-0.1, -0.05) is 0 Å². The standard InChI is InChI=1S/C13H13F4NO4/c1-7(6-22-2)18(12(21)13(15,16)17)10-5-8(14)3-4-9(10)11(19)20/h3-5,7H,6H2,1-2H3,(H,19,20)/t7-/m1/s1. The maximum Gasteiger partial charge on any atom is 0.471 e. The van der Waals surface area contributed by atoms with Gasteiger partial charge >= 0.3 is 18.1 Å². The molecule has 0 spiro atoms. The van der Waals surface area contributed by atoms with E-state index in [1.165, 1.54) is 14.0 Å². The first kappa shape index (κ1) is 17.9. The Morgan fingerprint density at radius 1 is 1.36 bits per heavy atom. The van der Waals surface area contributed by atoms with Gasteiger partial charge in [0.2, 0.25) is 0 Å². The molecule has 0 bridgehead atoms. The van der Waals surface area contributed by atoms with E-state index in [-0.39, 0.29) is 11.5 Å². The first-order valence-electron chi connectivity index (χ1n) is 6.01. The lowest BCUT2D eigenvalue weighted by Crippen LogP contribution is -2.48. The van der Waals surface area contributed by atoms with Crippen molar-refractivity contribution in [2.24, 2.45) is 0 Å². The fourth-order valence-electron chi connectivity index (χ4n) is 1.88. The largest absolute Gasteiger partial charge is 0.478 e. The summed E-state index contributed by atoms with van der Waals surface area (Å²) in [4.78, 5) is 22.9. The summed E-state index contributed by atoms with van der Waals surface area (Å²) in [5, 5.41) is 9.03. The second-order valence-corrected chi connectivity index (χ2v) is 4.44. The number of aromatic carboxylic acids is 1. The molecule has 9 heteroatoms. The zero-order chi connectivity index (χ0) is 17.1. The Morgan fingerprint density at radius 2 is 1.95 bits per heavy atom. The number of alkyl halides is 3. The second kappa shape index (κ2) is 6.73. The molecule has 0 saturated carbocycles. The van der Waals surface area contributed by atoms with Crippen molar-refractivity contribution < 1.29 is 37.0 Å². The number of rotatable bonds is 5. The molecule has 0 radical (unpaired) electrons. The van der Waals surface area contributed by atoms with Crippen molar-refractivity contribution in [2.75, 3.05) is 18.6 Å². The van der Waals surface area contributed by atoms with Crippen LogP contribution in [0, 0.1) is 5.82 Å². The van der Waals surface area contributed by atoms with Gasteiger partial charge in [0.25, 0.3) is 0 Å². The molecule has 122 valence electrons. The molecule has 0 aliphatic rings. The summed E-state index contributed by atoms with van der Waals surface area (Å²) < 4.78 is 56.3. The molecule has 0 aliphatic heterocycles. The Bertz CT molecular complexity index is 574. The Labute approximate surface area is 123 Å². The average Bonchev–Trinajstić information content (AvgIpc) is 2.37. The minimum atomic E-state index is -5.25. The van der Waals surface area contributed by atoms with Crippen LogP contribution >= 0.6 is 0 Å². The Hall–Kier alpha value is -2.16. The van der Waals surface area contributed by atoms with Crippen LogP contribution in [0.2, 0.25) is 0 Å². The van der Waals surface area contributed by atoms with Gasteiger partial charge in [0.15, 0.2) is 0 Å². The molecule has 5 nitrogen and oxygen atoms in total. The van der Waals surface area contributed by atoms with E-state index in [0.717, 1.165) is 12.1 Å². The van der Waals surface area contributed by atoms with Crippen LogP contribution in [0.1, 0.15) is 17.3 Å². The van der Waals surface area contributed by atoms with E-state index in [2.05, 4.69) is 0 Å². The molecule has 0 heterocycles. The third-order valence-electron chi connectivity index (χ3n) is 2.76. The molecule has 1 N–H and O–H groups in total. The third-order valence-corrected chi connectivity index (χ3v) is 2.76. The van der Waals surface area contributed by atoms with Crippen LogP contribution in [-0.2, 0) is 9.53 Å². The average molecular weight is 323 g/mol. The lowest BCUT2D eigenvalue weighted by atomic mass is 10.1. The van der Waals surface area contributed by atoms with Gasteiger partial charge in [-0.25, -0.2) is 9.18 Å². The second-order valence-electron chi connectivity index (χ2n) is 4.44. The smallest absolute Gasteiger partial charge is 0.471 e. The fraction of sp³-hybridized carbons (Fsp3) is 0.385. The van der Waals surface area contributed by atoms with Crippen molar-refractivity contribution in [3.05, 3.63) is 29.6 Å². The fourth-order valence-corrected chi connectivity index (χ4v) is 1.88. The topological polar surface area (TPSA) is 66.8 Å². The highest BCUT2D eigenvalue weighted by Crippen LogP contribution is 2.29. The summed E-state index contributed by atoms with van der Waals surface area (Å²) in [6.07, 6.45) is -5.25. The first-order valence-corrected chi connectivity index (χ1v) is 6.01. The number of hydrogen-bond acceptors (Lipinski definition) is 3. The molecule has 1 aromatic rings. The Kier molecular flexibility index (Phi) is 5.48. The van der Waals surface area contributed by atoms with Crippen molar-refractivity contribution in [2.45, 2.75) is 19.1 Å². The van der Waals surface area contributed by atoms with Crippen molar-refractivity contribution in [1.82, 2.24) is 0 Å². The lowest BCUT2D eigenvalue weighted by Gasteiger charge is -2.30. The predicted molar refractivity (Wildman–Crippen MR) is 68.2 cm³/mol. The summed E-state index contributed by atoms with van der Waals surface area (Å²) >= 11 is 0. The number of carbonyl (C=O) groups excluding carboxylic acids is 1. The Balaban J connectivity index is 3.48. The molecule has 0 aromatic heterocycles. The SMILES string of the molecule is COC[C@@H](C)N(C(=O)C(F)(F)F)c1cc(F)ccc1C(=O)O. The van der Waals surface area contributed by atoms with Crippen molar-refractivity contribution >= 4 is 17.6 Å². The maximum atomic E-state index is 13.3. The van der Waals surface area contributed by atoms with Gasteiger partial charge in [-0.15, -0.1) is 0 Å². The summed E-state index contributed by atoms with van der Waals surface area (Å²) in [6.45, 7) is 0.932. The third kappa shape index (κ3) is 3.94. The summed E-state index contributed by atoms with van der Waals surface area (Å²) in [5.74, 6) is -4.85. The summed E-state index contributed by atoms with van der Waals surface area (Å²) in [5.41, 5.74) is -1.30. The molecule has 0 unspecified atom stereocenters. The van der Waals surface area contributed by atoms with Gasteiger partial charge in [-0.3, -0.25) is 9.69 Å².